The van der Waals surface area contributed by atoms with Gasteiger partial charge in [-0.2, -0.15) is 0 Å². The summed E-state index contributed by atoms with van der Waals surface area (Å²) < 4.78 is 0. The highest BCUT2D eigenvalue weighted by Gasteiger charge is 2.26. The third-order valence-corrected chi connectivity index (χ3v) is 4.07. The molecule has 88 valence electrons. The molecule has 16 heavy (non-hydrogen) atoms. The lowest BCUT2D eigenvalue weighted by atomic mass is 10.3. The Morgan fingerprint density at radius 2 is 2.19 bits per heavy atom. The van der Waals surface area contributed by atoms with Gasteiger partial charge in [0.2, 0.25) is 0 Å². The maximum absolute atomic E-state index is 10.9. The first-order chi connectivity index (χ1) is 7.59. The molecule has 1 aromatic heterocycles. The Bertz CT molecular complexity index is 397. The molecule has 1 aliphatic rings. The Balaban J connectivity index is 2.37. The summed E-state index contributed by atoms with van der Waals surface area (Å²) in [6.45, 7) is 3.38. The van der Waals surface area contributed by atoms with Gasteiger partial charge in [-0.25, -0.2) is 0 Å². The van der Waals surface area contributed by atoms with Crippen LogP contribution >= 0.6 is 11.3 Å². The maximum atomic E-state index is 10.9. The van der Waals surface area contributed by atoms with Crippen molar-refractivity contribution in [3.05, 3.63) is 21.1 Å². The van der Waals surface area contributed by atoms with Gasteiger partial charge in [-0.05, 0) is 19.8 Å². The molecule has 1 aliphatic heterocycles. The van der Waals surface area contributed by atoms with E-state index in [4.69, 9.17) is 0 Å². The molecule has 0 amide bonds. The fourth-order valence-corrected chi connectivity index (χ4v) is 2.99. The summed E-state index contributed by atoms with van der Waals surface area (Å²) >= 11 is 1.33. The molecule has 1 N–H and O–H groups in total. The van der Waals surface area contributed by atoms with Gasteiger partial charge in [-0.3, -0.25) is 10.1 Å². The summed E-state index contributed by atoms with van der Waals surface area (Å²) in [6.07, 6.45) is 1.53. The van der Waals surface area contributed by atoms with Crippen LogP contribution in [0.25, 0.3) is 0 Å². The largest absolute Gasteiger partial charge is 0.388 e. The summed E-state index contributed by atoms with van der Waals surface area (Å²) in [7, 11) is 0. The summed E-state index contributed by atoms with van der Waals surface area (Å²) in [6, 6.07) is 1.49. The number of hydrogen-bond acceptors (Lipinski definition) is 5. The summed E-state index contributed by atoms with van der Waals surface area (Å²) in [4.78, 5) is 13.3. The van der Waals surface area contributed by atoms with Crippen LogP contribution in [0.2, 0.25) is 0 Å². The molecule has 1 aromatic rings. The second-order valence-corrected chi connectivity index (χ2v) is 5.03. The quantitative estimate of drug-likeness (QED) is 0.652. The minimum atomic E-state index is -0.639. The van der Waals surface area contributed by atoms with Gasteiger partial charge in [0.05, 0.1) is 11.0 Å². The first-order valence-electron chi connectivity index (χ1n) is 5.30. The van der Waals surface area contributed by atoms with Gasteiger partial charge in [0, 0.05) is 24.0 Å². The van der Waals surface area contributed by atoms with E-state index < -0.39 is 6.10 Å². The van der Waals surface area contributed by atoms with E-state index in [9.17, 15) is 15.2 Å². The lowest BCUT2D eigenvalue weighted by Crippen LogP contribution is -2.17. The summed E-state index contributed by atoms with van der Waals surface area (Å²) in [5.74, 6) is 0. The fourth-order valence-electron chi connectivity index (χ4n) is 1.87. The van der Waals surface area contributed by atoms with Crippen LogP contribution in [0.4, 0.5) is 10.7 Å². The topological polar surface area (TPSA) is 66.6 Å². The Hall–Kier alpha value is -1.14. The molecule has 0 unspecified atom stereocenters. The number of thiophene rings is 1. The SMILES string of the molecule is C[C@H](O)c1cc([N+](=O)[O-])c(N2CCCC2)s1. The minimum absolute atomic E-state index is 0.128. The zero-order chi connectivity index (χ0) is 11.7. The molecule has 0 aliphatic carbocycles. The molecular weight excluding hydrogens is 228 g/mol. The van der Waals surface area contributed by atoms with E-state index in [2.05, 4.69) is 0 Å². The average Bonchev–Trinajstić information content (AvgIpc) is 2.86. The van der Waals surface area contributed by atoms with Gasteiger partial charge >= 0.3 is 5.69 Å². The van der Waals surface area contributed by atoms with E-state index in [1.165, 1.54) is 17.4 Å². The predicted molar refractivity (Wildman–Crippen MR) is 63.1 cm³/mol. The summed E-state index contributed by atoms with van der Waals surface area (Å²) in [5, 5.41) is 21.1. The van der Waals surface area contributed by atoms with Gasteiger partial charge in [-0.15, -0.1) is 11.3 Å². The highest BCUT2D eigenvalue weighted by molar-refractivity contribution is 7.16. The number of aliphatic hydroxyl groups excluding tert-OH is 1. The van der Waals surface area contributed by atoms with Crippen molar-refractivity contribution in [2.45, 2.75) is 25.9 Å². The standard InChI is InChI=1S/C10H14N2O3S/c1-7(13)9-6-8(12(14)15)10(16-9)11-4-2-3-5-11/h6-7,13H,2-5H2,1H3/t7-/m0/s1. The number of nitrogens with zero attached hydrogens (tertiary/aromatic N) is 2. The Labute approximate surface area is 97.5 Å². The summed E-state index contributed by atoms with van der Waals surface area (Å²) in [5.41, 5.74) is 0.128. The molecule has 2 rings (SSSR count). The smallest absolute Gasteiger partial charge is 0.304 e. The lowest BCUT2D eigenvalue weighted by Gasteiger charge is -2.13. The molecule has 0 radical (unpaired) electrons. The van der Waals surface area contributed by atoms with E-state index in [1.54, 1.807) is 6.92 Å². The lowest BCUT2D eigenvalue weighted by molar-refractivity contribution is -0.383. The van der Waals surface area contributed by atoms with Crippen molar-refractivity contribution in [2.75, 3.05) is 18.0 Å². The van der Waals surface area contributed by atoms with Crippen LogP contribution in [0.1, 0.15) is 30.7 Å². The van der Waals surface area contributed by atoms with E-state index in [-0.39, 0.29) is 10.6 Å². The van der Waals surface area contributed by atoms with E-state index in [1.807, 2.05) is 4.90 Å². The molecule has 6 heteroatoms. The van der Waals surface area contributed by atoms with Gasteiger partial charge in [-0.1, -0.05) is 0 Å². The predicted octanol–water partition coefficient (Wildman–Crippen LogP) is 2.31. The third kappa shape index (κ3) is 2.03. The minimum Gasteiger partial charge on any atom is -0.388 e. The van der Waals surface area contributed by atoms with Gasteiger partial charge < -0.3 is 10.0 Å². The Kier molecular flexibility index (Phi) is 3.11. The Morgan fingerprint density at radius 1 is 1.56 bits per heavy atom. The van der Waals surface area contributed by atoms with Crippen LogP contribution in [0.15, 0.2) is 6.07 Å². The highest BCUT2D eigenvalue weighted by Crippen LogP contribution is 2.41. The monoisotopic (exact) mass is 242 g/mol. The van der Waals surface area contributed by atoms with E-state index in [0.29, 0.717) is 9.88 Å². The molecule has 0 spiro atoms. The van der Waals surface area contributed by atoms with E-state index in [0.717, 1.165) is 25.9 Å². The zero-order valence-electron chi connectivity index (χ0n) is 9.05. The van der Waals surface area contributed by atoms with Crippen LogP contribution in [-0.4, -0.2) is 23.1 Å². The first kappa shape index (κ1) is 11.3. The van der Waals surface area contributed by atoms with Crippen LogP contribution < -0.4 is 4.90 Å². The molecule has 1 fully saturated rings. The number of hydrogen-bond donors (Lipinski definition) is 1. The van der Waals surface area contributed by atoms with Gasteiger partial charge in [0.25, 0.3) is 0 Å². The second-order valence-electron chi connectivity index (χ2n) is 3.97. The van der Waals surface area contributed by atoms with Crippen LogP contribution in [0.3, 0.4) is 0 Å². The van der Waals surface area contributed by atoms with Crippen LogP contribution in [0, 0.1) is 10.1 Å². The molecular formula is C10H14N2O3S. The molecule has 0 aromatic carbocycles. The number of aliphatic hydroxyl groups is 1. The van der Waals surface area contributed by atoms with Crippen LogP contribution in [-0.2, 0) is 0 Å². The molecule has 0 saturated carbocycles. The number of nitro groups is 1. The normalized spacial score (nSPS) is 17.8. The molecule has 5 nitrogen and oxygen atoms in total. The third-order valence-electron chi connectivity index (χ3n) is 2.71. The average molecular weight is 242 g/mol. The van der Waals surface area contributed by atoms with Crippen molar-refractivity contribution >= 4 is 22.0 Å². The number of rotatable bonds is 3. The van der Waals surface area contributed by atoms with Gasteiger partial charge in [0.15, 0.2) is 5.00 Å². The van der Waals surface area contributed by atoms with Crippen molar-refractivity contribution in [1.29, 1.82) is 0 Å². The fraction of sp³-hybridized carbons (Fsp3) is 0.600. The molecule has 2 heterocycles. The van der Waals surface area contributed by atoms with Gasteiger partial charge in [0.1, 0.15) is 0 Å². The van der Waals surface area contributed by atoms with Crippen molar-refractivity contribution < 1.29 is 10.0 Å². The maximum Gasteiger partial charge on any atom is 0.304 e. The van der Waals surface area contributed by atoms with Crippen molar-refractivity contribution in [2.24, 2.45) is 0 Å². The van der Waals surface area contributed by atoms with Crippen molar-refractivity contribution in [1.82, 2.24) is 0 Å². The first-order valence-corrected chi connectivity index (χ1v) is 6.12. The number of anilines is 1. The second kappa shape index (κ2) is 4.39. The van der Waals surface area contributed by atoms with E-state index >= 15 is 0 Å². The Morgan fingerprint density at radius 3 is 2.69 bits per heavy atom. The highest BCUT2D eigenvalue weighted by atomic mass is 32.1. The molecule has 1 saturated heterocycles. The molecule has 1 atom stereocenters. The molecule has 0 bridgehead atoms. The zero-order valence-corrected chi connectivity index (χ0v) is 9.87. The van der Waals surface area contributed by atoms with Crippen molar-refractivity contribution in [3.63, 3.8) is 0 Å². The van der Waals surface area contributed by atoms with Crippen LogP contribution in [0.5, 0.6) is 0 Å². The van der Waals surface area contributed by atoms with Crippen molar-refractivity contribution in [3.8, 4) is 0 Å².